The minimum Gasteiger partial charge on any atom is -0.486 e. The third-order valence-corrected chi connectivity index (χ3v) is 7.08. The first kappa shape index (κ1) is 22.2. The molecule has 2 aromatic carbocycles. The molecule has 0 radical (unpaired) electrons. The number of β-amino-alcohol motifs (C(OH)–C–C–N with tert-alkyl or cyclic N) is 1. The second-order valence-corrected chi connectivity index (χ2v) is 9.49. The summed E-state index contributed by atoms with van der Waals surface area (Å²) in [6.45, 7) is -1.65. The Bertz CT molecular complexity index is 1180. The minimum atomic E-state index is -4.20. The summed E-state index contributed by atoms with van der Waals surface area (Å²) in [6, 6.07) is 11.0. The molecule has 30 heavy (non-hydrogen) atoms. The molecule has 2 aromatic rings. The van der Waals surface area contributed by atoms with E-state index in [1.807, 2.05) is 6.07 Å². The molecule has 0 saturated carbocycles. The zero-order valence-corrected chi connectivity index (χ0v) is 17.7. The van der Waals surface area contributed by atoms with Gasteiger partial charge in [0.1, 0.15) is 40.3 Å². The van der Waals surface area contributed by atoms with Crippen molar-refractivity contribution in [2.45, 2.75) is 16.6 Å². The molecule has 0 amide bonds. The highest BCUT2D eigenvalue weighted by molar-refractivity contribution is 9.10. The molecule has 1 aliphatic heterocycles. The summed E-state index contributed by atoms with van der Waals surface area (Å²) in [7, 11) is -4.20. The molecule has 0 unspecified atom stereocenters. The molecule has 156 valence electrons. The Morgan fingerprint density at radius 2 is 1.93 bits per heavy atom. The van der Waals surface area contributed by atoms with E-state index in [9.17, 15) is 28.3 Å². The van der Waals surface area contributed by atoms with E-state index in [1.165, 1.54) is 30.3 Å². The van der Waals surface area contributed by atoms with Crippen LogP contribution in [0.3, 0.4) is 0 Å². The largest absolute Gasteiger partial charge is 0.486 e. The van der Waals surface area contributed by atoms with E-state index in [0.29, 0.717) is 4.47 Å². The molecule has 0 bridgehead atoms. The van der Waals surface area contributed by atoms with Crippen molar-refractivity contribution in [3.05, 3.63) is 57.8 Å². The topological polar surface area (TPSA) is 135 Å². The summed E-state index contributed by atoms with van der Waals surface area (Å²) in [4.78, 5) is -0.251. The van der Waals surface area contributed by atoms with Crippen LogP contribution in [-0.2, 0) is 10.0 Å². The van der Waals surface area contributed by atoms with Crippen LogP contribution >= 0.6 is 15.9 Å². The molecule has 2 N–H and O–H groups in total. The number of hydrogen-bond donors (Lipinski definition) is 2. The van der Waals surface area contributed by atoms with Gasteiger partial charge >= 0.3 is 0 Å². The number of benzene rings is 2. The first-order valence-electron chi connectivity index (χ1n) is 8.54. The van der Waals surface area contributed by atoms with Crippen molar-refractivity contribution in [2.75, 3.05) is 19.7 Å². The highest BCUT2D eigenvalue weighted by Crippen LogP contribution is 2.32. The molecule has 1 fully saturated rings. The van der Waals surface area contributed by atoms with Gasteiger partial charge in [0.25, 0.3) is 0 Å². The molecule has 0 aliphatic carbocycles. The highest BCUT2D eigenvalue weighted by atomic mass is 79.9. The van der Waals surface area contributed by atoms with Gasteiger partial charge in [-0.2, -0.15) is 14.8 Å². The molecular formula is C19H15BrFN3O5S. The fraction of sp³-hybridized carbons (Fsp3) is 0.263. The summed E-state index contributed by atoms with van der Waals surface area (Å²) in [5, 5.41) is 38.5. The number of aliphatic hydroxyl groups excluding tert-OH is 1. The predicted molar refractivity (Wildman–Crippen MR) is 105 cm³/mol. The van der Waals surface area contributed by atoms with Crippen LogP contribution in [0.15, 0.2) is 45.8 Å². The van der Waals surface area contributed by atoms with Crippen LogP contribution in [0.5, 0.6) is 5.75 Å². The van der Waals surface area contributed by atoms with E-state index < -0.39 is 40.7 Å². The number of halogens is 2. The van der Waals surface area contributed by atoms with Gasteiger partial charge in [-0.05, 0) is 30.3 Å². The van der Waals surface area contributed by atoms with Crippen LogP contribution in [0.2, 0.25) is 0 Å². The van der Waals surface area contributed by atoms with Gasteiger partial charge in [-0.15, -0.1) is 0 Å². The number of sulfonamides is 1. The molecule has 2 atom stereocenters. The van der Waals surface area contributed by atoms with Gasteiger partial charge in [-0.3, -0.25) is 0 Å². The van der Waals surface area contributed by atoms with Crippen LogP contribution in [0.4, 0.5) is 4.39 Å². The monoisotopic (exact) mass is 495 g/mol. The van der Waals surface area contributed by atoms with E-state index in [0.717, 1.165) is 10.4 Å². The Labute approximate surface area is 180 Å². The van der Waals surface area contributed by atoms with Gasteiger partial charge in [0.2, 0.25) is 10.0 Å². The van der Waals surface area contributed by atoms with Gasteiger partial charge in [-0.25, -0.2) is 12.8 Å². The quantitative estimate of drug-likeness (QED) is 0.641. The minimum absolute atomic E-state index is 0.0380. The summed E-state index contributed by atoms with van der Waals surface area (Å²) in [5.74, 6) is -0.873. The normalized spacial score (nSPS) is 21.7. The standard InChI is InChI=1S/C19H15BrFN3O5S/c20-14-2-4-17(13(5-14)8-23)30(27,28)24-9-18(19(26,10-24)11-25)29-15-3-1-12(7-22)16(21)6-15/h1-6,18,25-26H,9-11H2/t18-,19+/m0/s1. The summed E-state index contributed by atoms with van der Waals surface area (Å²) in [5.41, 5.74) is -2.25. The molecule has 1 aliphatic rings. The Morgan fingerprint density at radius 1 is 1.23 bits per heavy atom. The average Bonchev–Trinajstić information content (AvgIpc) is 3.05. The van der Waals surface area contributed by atoms with Crippen LogP contribution in [0.1, 0.15) is 11.1 Å². The molecular weight excluding hydrogens is 481 g/mol. The molecule has 1 saturated heterocycles. The third kappa shape index (κ3) is 4.03. The summed E-state index contributed by atoms with van der Waals surface area (Å²) in [6.07, 6.45) is -1.22. The molecule has 11 heteroatoms. The van der Waals surface area contributed by atoms with Crippen LogP contribution in [-0.4, -0.2) is 54.3 Å². The first-order chi connectivity index (χ1) is 14.1. The van der Waals surface area contributed by atoms with E-state index in [4.69, 9.17) is 10.00 Å². The molecule has 8 nitrogen and oxygen atoms in total. The Balaban J connectivity index is 1.92. The number of aliphatic hydroxyl groups is 2. The first-order valence-corrected chi connectivity index (χ1v) is 10.8. The number of nitriles is 2. The maximum absolute atomic E-state index is 13.8. The molecule has 0 spiro atoms. The van der Waals surface area contributed by atoms with Crippen molar-refractivity contribution < 1.29 is 27.8 Å². The van der Waals surface area contributed by atoms with E-state index in [1.54, 1.807) is 6.07 Å². The lowest BCUT2D eigenvalue weighted by Crippen LogP contribution is -2.48. The fourth-order valence-electron chi connectivity index (χ4n) is 3.09. The Kier molecular flexibility index (Phi) is 6.13. The summed E-state index contributed by atoms with van der Waals surface area (Å²) < 4.78 is 47.0. The SMILES string of the molecule is N#Cc1ccc(O[C@H]2CN(S(=O)(=O)c3ccc(Br)cc3C#N)C[C@@]2(O)CO)cc1F. The number of hydrogen-bond acceptors (Lipinski definition) is 7. The van der Waals surface area contributed by atoms with Gasteiger partial charge in [0.05, 0.1) is 24.3 Å². The Morgan fingerprint density at radius 3 is 2.53 bits per heavy atom. The van der Waals surface area contributed by atoms with Crippen molar-refractivity contribution in [1.29, 1.82) is 10.5 Å². The average molecular weight is 496 g/mol. The zero-order valence-electron chi connectivity index (χ0n) is 15.3. The zero-order chi connectivity index (χ0) is 22.1. The lowest BCUT2D eigenvalue weighted by molar-refractivity contribution is -0.0641. The molecule has 3 rings (SSSR count). The van der Waals surface area contributed by atoms with Crippen LogP contribution in [0.25, 0.3) is 0 Å². The molecule has 1 heterocycles. The van der Waals surface area contributed by atoms with Crippen molar-refractivity contribution >= 4 is 26.0 Å². The van der Waals surface area contributed by atoms with E-state index in [-0.39, 0.29) is 28.3 Å². The van der Waals surface area contributed by atoms with Gasteiger partial charge in [0.15, 0.2) is 0 Å². The van der Waals surface area contributed by atoms with Crippen molar-refractivity contribution in [2.24, 2.45) is 0 Å². The second-order valence-electron chi connectivity index (χ2n) is 6.67. The fourth-order valence-corrected chi connectivity index (χ4v) is 5.07. The number of rotatable bonds is 5. The maximum Gasteiger partial charge on any atom is 0.244 e. The van der Waals surface area contributed by atoms with Crippen LogP contribution < -0.4 is 4.74 Å². The van der Waals surface area contributed by atoms with Gasteiger partial charge in [-0.1, -0.05) is 15.9 Å². The van der Waals surface area contributed by atoms with Crippen molar-refractivity contribution in [3.8, 4) is 17.9 Å². The van der Waals surface area contributed by atoms with Gasteiger partial charge < -0.3 is 14.9 Å². The van der Waals surface area contributed by atoms with E-state index in [2.05, 4.69) is 15.9 Å². The highest BCUT2D eigenvalue weighted by Gasteiger charge is 2.51. The Hall–Kier alpha value is -2.54. The second kappa shape index (κ2) is 8.30. The smallest absolute Gasteiger partial charge is 0.244 e. The van der Waals surface area contributed by atoms with Crippen molar-refractivity contribution in [3.63, 3.8) is 0 Å². The van der Waals surface area contributed by atoms with E-state index >= 15 is 0 Å². The summed E-state index contributed by atoms with van der Waals surface area (Å²) >= 11 is 3.18. The van der Waals surface area contributed by atoms with Crippen molar-refractivity contribution in [1.82, 2.24) is 4.31 Å². The number of nitrogens with zero attached hydrogens (tertiary/aromatic N) is 3. The molecule has 0 aromatic heterocycles. The van der Waals surface area contributed by atoms with Gasteiger partial charge in [0, 0.05) is 17.1 Å². The lowest BCUT2D eigenvalue weighted by atomic mass is 10.0. The lowest BCUT2D eigenvalue weighted by Gasteiger charge is -2.27. The van der Waals surface area contributed by atoms with Crippen LogP contribution in [0, 0.1) is 28.5 Å². The third-order valence-electron chi connectivity index (χ3n) is 4.71. The maximum atomic E-state index is 13.8. The predicted octanol–water partition coefficient (Wildman–Crippen LogP) is 1.51. The number of ether oxygens (including phenoxy) is 1.